The molecule has 2 aromatic carbocycles. The van der Waals surface area contributed by atoms with Crippen molar-refractivity contribution in [3.8, 4) is 0 Å². The largest absolute Gasteiger partial charge is 0.340 e. The van der Waals surface area contributed by atoms with E-state index < -0.39 is 10.0 Å². The van der Waals surface area contributed by atoms with E-state index in [1.54, 1.807) is 31.3 Å². The lowest BCUT2D eigenvalue weighted by molar-refractivity contribution is -0.116. The maximum atomic E-state index is 12.7. The quantitative estimate of drug-likeness (QED) is 0.406. The van der Waals surface area contributed by atoms with Crippen LogP contribution in [0.15, 0.2) is 47.5 Å². The van der Waals surface area contributed by atoms with Gasteiger partial charge in [0, 0.05) is 41.3 Å². The molecule has 0 radical (unpaired) electrons. The minimum absolute atomic E-state index is 0.0333. The molecule has 10 heteroatoms. The number of aryl methyl sites for hydroxylation is 3. The topological polar surface area (TPSA) is 125 Å². The summed E-state index contributed by atoms with van der Waals surface area (Å²) >= 11 is 0. The number of anilines is 5. The highest BCUT2D eigenvalue weighted by atomic mass is 32.2. The zero-order valence-electron chi connectivity index (χ0n) is 19.0. The lowest BCUT2D eigenvalue weighted by Gasteiger charge is -2.18. The van der Waals surface area contributed by atoms with Crippen molar-refractivity contribution in [3.63, 3.8) is 0 Å². The summed E-state index contributed by atoms with van der Waals surface area (Å²) in [6.07, 6.45) is 4.63. The number of hydrogen-bond donors (Lipinski definition) is 4. The standard InChI is InChI=1S/C24H26N6O3S/c1-14-3-5-19(12-21(14)34(32,33)30-17-6-7-17)27-24-25-13-15(2)23(29-24)26-18-8-9-20-16(11-18)4-10-22(31)28-20/h3,5,8-9,11-13,17,30H,4,6-7,10H2,1-2H3,(H,28,31)(H2,25,26,27,29). The van der Waals surface area contributed by atoms with Crippen LogP contribution in [0, 0.1) is 13.8 Å². The number of fused-ring (bicyclic) bond motifs is 1. The molecule has 1 saturated carbocycles. The smallest absolute Gasteiger partial charge is 0.241 e. The normalized spacial score (nSPS) is 15.4. The summed E-state index contributed by atoms with van der Waals surface area (Å²) < 4.78 is 28.2. The summed E-state index contributed by atoms with van der Waals surface area (Å²) in [6.45, 7) is 3.69. The zero-order valence-corrected chi connectivity index (χ0v) is 19.8. The van der Waals surface area contributed by atoms with Gasteiger partial charge in [0.05, 0.1) is 4.90 Å². The fourth-order valence-corrected chi connectivity index (χ4v) is 5.38. The Bertz CT molecular complexity index is 1390. The first-order valence-electron chi connectivity index (χ1n) is 11.2. The summed E-state index contributed by atoms with van der Waals surface area (Å²) in [4.78, 5) is 20.8. The second-order valence-electron chi connectivity index (χ2n) is 8.77. The van der Waals surface area contributed by atoms with Gasteiger partial charge >= 0.3 is 0 Å². The van der Waals surface area contributed by atoms with Gasteiger partial charge in [0.15, 0.2) is 0 Å². The van der Waals surface area contributed by atoms with Gasteiger partial charge in [-0.15, -0.1) is 0 Å². The van der Waals surface area contributed by atoms with Crippen molar-refractivity contribution in [1.29, 1.82) is 0 Å². The van der Waals surface area contributed by atoms with E-state index in [-0.39, 0.29) is 16.8 Å². The van der Waals surface area contributed by atoms with E-state index in [1.165, 1.54) is 0 Å². The molecule has 1 aliphatic heterocycles. The molecule has 34 heavy (non-hydrogen) atoms. The first-order chi connectivity index (χ1) is 16.3. The van der Waals surface area contributed by atoms with E-state index >= 15 is 0 Å². The lowest BCUT2D eigenvalue weighted by atomic mass is 10.0. The predicted octanol–water partition coefficient (Wildman–Crippen LogP) is 3.91. The van der Waals surface area contributed by atoms with E-state index in [4.69, 9.17) is 0 Å². The molecule has 0 atom stereocenters. The van der Waals surface area contributed by atoms with Crippen LogP contribution in [0.3, 0.4) is 0 Å². The minimum Gasteiger partial charge on any atom is -0.340 e. The van der Waals surface area contributed by atoms with Crippen molar-refractivity contribution < 1.29 is 13.2 Å². The average molecular weight is 479 g/mol. The van der Waals surface area contributed by atoms with E-state index in [0.29, 0.717) is 35.9 Å². The lowest BCUT2D eigenvalue weighted by Crippen LogP contribution is -2.26. The predicted molar refractivity (Wildman–Crippen MR) is 131 cm³/mol. The molecular weight excluding hydrogens is 452 g/mol. The summed E-state index contributed by atoms with van der Waals surface area (Å²) in [5.41, 5.74) is 4.89. The zero-order chi connectivity index (χ0) is 23.9. The number of nitrogens with zero attached hydrogens (tertiary/aromatic N) is 2. The molecule has 1 fully saturated rings. The van der Waals surface area contributed by atoms with E-state index in [2.05, 4.69) is 30.6 Å². The van der Waals surface area contributed by atoms with Crippen LogP contribution in [-0.4, -0.2) is 30.3 Å². The molecular formula is C24H26N6O3S. The number of aromatic nitrogens is 2. The summed E-state index contributed by atoms with van der Waals surface area (Å²) in [6, 6.07) is 11.0. The van der Waals surface area contributed by atoms with Gasteiger partial charge < -0.3 is 16.0 Å². The number of carbonyl (C=O) groups excluding carboxylic acids is 1. The number of benzene rings is 2. The number of nitrogens with one attached hydrogen (secondary N) is 4. The van der Waals surface area contributed by atoms with Crippen molar-refractivity contribution in [2.45, 2.75) is 50.5 Å². The van der Waals surface area contributed by atoms with Gasteiger partial charge in [0.2, 0.25) is 21.9 Å². The number of rotatable bonds is 7. The van der Waals surface area contributed by atoms with Crippen molar-refractivity contribution >= 4 is 44.8 Å². The van der Waals surface area contributed by atoms with Crippen LogP contribution in [0.25, 0.3) is 0 Å². The van der Waals surface area contributed by atoms with E-state index in [9.17, 15) is 13.2 Å². The molecule has 0 spiro atoms. The summed E-state index contributed by atoms with van der Waals surface area (Å²) in [5.74, 6) is 1.01. The Balaban J connectivity index is 1.36. The van der Waals surface area contributed by atoms with Crippen molar-refractivity contribution in [3.05, 3.63) is 59.3 Å². The highest BCUT2D eigenvalue weighted by Gasteiger charge is 2.29. The van der Waals surface area contributed by atoms with E-state index in [0.717, 1.165) is 35.3 Å². The Morgan fingerprint density at radius 3 is 2.53 bits per heavy atom. The molecule has 1 aromatic heterocycles. The Hall–Kier alpha value is -3.50. The second kappa shape index (κ2) is 8.69. The van der Waals surface area contributed by atoms with Gasteiger partial charge in [0.1, 0.15) is 5.82 Å². The maximum absolute atomic E-state index is 12.7. The van der Waals surface area contributed by atoms with Gasteiger partial charge in [0.25, 0.3) is 0 Å². The van der Waals surface area contributed by atoms with Crippen molar-refractivity contribution in [2.24, 2.45) is 0 Å². The highest BCUT2D eigenvalue weighted by Crippen LogP contribution is 2.29. The molecule has 0 unspecified atom stereocenters. The number of carbonyl (C=O) groups is 1. The van der Waals surface area contributed by atoms with E-state index in [1.807, 2.05) is 25.1 Å². The second-order valence-corrected chi connectivity index (χ2v) is 10.5. The summed E-state index contributed by atoms with van der Waals surface area (Å²) in [5, 5.41) is 9.32. The minimum atomic E-state index is -3.58. The van der Waals surface area contributed by atoms with Gasteiger partial charge in [-0.25, -0.2) is 18.1 Å². The highest BCUT2D eigenvalue weighted by molar-refractivity contribution is 7.89. The fourth-order valence-electron chi connectivity index (χ4n) is 3.81. The van der Waals surface area contributed by atoms with Crippen molar-refractivity contribution in [2.75, 3.05) is 16.0 Å². The van der Waals surface area contributed by atoms with Crippen LogP contribution in [0.1, 0.15) is 36.0 Å². The SMILES string of the molecule is Cc1ccc(Nc2ncc(C)c(Nc3ccc4c(c3)CCC(=O)N4)n2)cc1S(=O)(=O)NC1CC1. The first-order valence-corrected chi connectivity index (χ1v) is 12.7. The molecule has 0 saturated heterocycles. The van der Waals surface area contributed by atoms with Crippen LogP contribution < -0.4 is 20.7 Å². The maximum Gasteiger partial charge on any atom is 0.241 e. The van der Waals surface area contributed by atoms with Gasteiger partial charge in [-0.3, -0.25) is 4.79 Å². The Kier molecular flexibility index (Phi) is 5.70. The Morgan fingerprint density at radius 1 is 0.971 bits per heavy atom. The molecule has 5 rings (SSSR count). The average Bonchev–Trinajstić information content (AvgIpc) is 3.60. The third-order valence-corrected chi connectivity index (χ3v) is 7.53. The van der Waals surface area contributed by atoms with Gasteiger partial charge in [-0.1, -0.05) is 6.07 Å². The van der Waals surface area contributed by atoms with Gasteiger partial charge in [-0.2, -0.15) is 4.98 Å². The molecule has 176 valence electrons. The molecule has 3 aromatic rings. The Labute approximate surface area is 198 Å². The third kappa shape index (κ3) is 4.87. The molecule has 9 nitrogen and oxygen atoms in total. The number of amides is 1. The summed E-state index contributed by atoms with van der Waals surface area (Å²) in [7, 11) is -3.58. The molecule has 4 N–H and O–H groups in total. The number of hydrogen-bond acceptors (Lipinski definition) is 7. The molecule has 1 aliphatic carbocycles. The number of sulfonamides is 1. The molecule has 1 amide bonds. The van der Waals surface area contributed by atoms with Crippen molar-refractivity contribution in [1.82, 2.24) is 14.7 Å². The van der Waals surface area contributed by atoms with Crippen LogP contribution >= 0.6 is 0 Å². The fraction of sp³-hybridized carbons (Fsp3) is 0.292. The monoisotopic (exact) mass is 478 g/mol. The van der Waals surface area contributed by atoms with Crippen LogP contribution in [0.5, 0.6) is 0 Å². The van der Waals surface area contributed by atoms with Gasteiger partial charge in [-0.05, 0) is 74.6 Å². The van der Waals surface area contributed by atoms with Crippen LogP contribution in [0.2, 0.25) is 0 Å². The molecule has 2 heterocycles. The third-order valence-electron chi connectivity index (χ3n) is 5.87. The first kappa shape index (κ1) is 22.3. The van der Waals surface area contributed by atoms with Crippen LogP contribution in [0.4, 0.5) is 28.8 Å². The molecule has 2 aliphatic rings. The Morgan fingerprint density at radius 2 is 1.74 bits per heavy atom. The molecule has 0 bridgehead atoms. The van der Waals surface area contributed by atoms with Crippen LogP contribution in [-0.2, 0) is 21.2 Å².